The minimum Gasteiger partial charge on any atom is -0.399 e. The summed E-state index contributed by atoms with van der Waals surface area (Å²) in [6.45, 7) is 0. The number of nitrogens with two attached hydrogens (primary N) is 1. The minimum atomic E-state index is -4.72. The van der Waals surface area contributed by atoms with Crippen LogP contribution >= 0.6 is 0 Å². The molecule has 2 aromatic carbocycles. The van der Waals surface area contributed by atoms with Gasteiger partial charge in [-0.2, -0.15) is 8.42 Å². The zero-order valence-electron chi connectivity index (χ0n) is 11.6. The first-order chi connectivity index (χ1) is 10.3. The Bertz CT molecular complexity index is 756. The molecule has 0 aliphatic rings. The number of rotatable bonds is 5. The molecule has 2 aromatic rings. The van der Waals surface area contributed by atoms with Gasteiger partial charge in [-0.15, -0.1) is 3.89 Å². The van der Waals surface area contributed by atoms with E-state index in [9.17, 15) is 17.1 Å². The van der Waals surface area contributed by atoms with Crippen molar-refractivity contribution in [3.8, 4) is 0 Å². The highest BCUT2D eigenvalue weighted by Gasteiger charge is 2.11. The second-order valence-electron chi connectivity index (χ2n) is 4.75. The van der Waals surface area contributed by atoms with Crippen LogP contribution in [0.2, 0.25) is 0 Å². The molecule has 0 saturated carbocycles. The van der Waals surface area contributed by atoms with Crippen molar-refractivity contribution in [3.05, 3.63) is 54.1 Å². The fourth-order valence-corrected chi connectivity index (χ4v) is 2.33. The van der Waals surface area contributed by atoms with E-state index in [4.69, 9.17) is 5.73 Å². The summed E-state index contributed by atoms with van der Waals surface area (Å²) < 4.78 is 34.1. The van der Waals surface area contributed by atoms with Crippen LogP contribution < -0.4 is 11.1 Å². The number of amides is 1. The van der Waals surface area contributed by atoms with Crippen molar-refractivity contribution in [3.63, 3.8) is 0 Å². The molecule has 0 aliphatic heterocycles. The Hall–Kier alpha value is -2.41. The first-order valence-electron chi connectivity index (χ1n) is 6.53. The molecule has 0 atom stereocenters. The molecule has 2 rings (SSSR count). The van der Waals surface area contributed by atoms with Gasteiger partial charge in [0.25, 0.3) is 0 Å². The van der Waals surface area contributed by atoms with Crippen molar-refractivity contribution >= 4 is 27.5 Å². The molecule has 0 aromatic heterocycles. The number of nitrogens with one attached hydrogen (secondary N) is 1. The summed E-state index contributed by atoms with van der Waals surface area (Å²) >= 11 is 0. The number of anilines is 2. The van der Waals surface area contributed by atoms with E-state index in [1.807, 2.05) is 12.1 Å². The van der Waals surface area contributed by atoms with Crippen molar-refractivity contribution in [2.24, 2.45) is 0 Å². The van der Waals surface area contributed by atoms with E-state index in [1.165, 1.54) is 12.1 Å². The van der Waals surface area contributed by atoms with Gasteiger partial charge < -0.3 is 11.1 Å². The maximum atomic E-state index is 12.7. The van der Waals surface area contributed by atoms with E-state index in [0.29, 0.717) is 17.8 Å². The summed E-state index contributed by atoms with van der Waals surface area (Å²) in [5.41, 5.74) is 7.64. The number of hydrogen-bond acceptors (Lipinski definition) is 4. The number of carbonyl (C=O) groups is 1. The first-order valence-corrected chi connectivity index (χ1v) is 7.92. The molecule has 0 saturated heterocycles. The van der Waals surface area contributed by atoms with Crippen LogP contribution in [-0.4, -0.2) is 14.3 Å². The summed E-state index contributed by atoms with van der Waals surface area (Å²) in [5.74, 6) is -0.215. The third-order valence-electron chi connectivity index (χ3n) is 3.04. The molecule has 0 radical (unpaired) electrons. The maximum Gasteiger partial charge on any atom is 0.332 e. The monoisotopic (exact) mass is 322 g/mol. The van der Waals surface area contributed by atoms with Crippen LogP contribution in [0.3, 0.4) is 0 Å². The van der Waals surface area contributed by atoms with Gasteiger partial charge in [-0.05, 0) is 48.4 Å². The Morgan fingerprint density at radius 1 is 1.05 bits per heavy atom. The Kier molecular flexibility index (Phi) is 4.77. The number of benzene rings is 2. The molecule has 3 N–H and O–H groups in total. The van der Waals surface area contributed by atoms with E-state index in [-0.39, 0.29) is 12.3 Å². The third-order valence-corrected chi connectivity index (χ3v) is 3.88. The van der Waals surface area contributed by atoms with Crippen molar-refractivity contribution in [2.75, 3.05) is 11.1 Å². The lowest BCUT2D eigenvalue weighted by atomic mass is 10.1. The fourth-order valence-electron chi connectivity index (χ4n) is 1.87. The molecule has 0 spiro atoms. The van der Waals surface area contributed by atoms with Gasteiger partial charge in [0.05, 0.1) is 4.90 Å². The van der Waals surface area contributed by atoms with E-state index >= 15 is 0 Å². The minimum absolute atomic E-state index is 0.215. The van der Waals surface area contributed by atoms with Crippen molar-refractivity contribution < 1.29 is 17.1 Å². The SMILES string of the molecule is Nc1ccc(CCC(=O)Nc2ccc(S(=O)(=O)F)cc2)cc1. The zero-order chi connectivity index (χ0) is 16.2. The average molecular weight is 322 g/mol. The van der Waals surface area contributed by atoms with Gasteiger partial charge in [-0.3, -0.25) is 4.79 Å². The number of hydrogen-bond donors (Lipinski definition) is 2. The van der Waals surface area contributed by atoms with Crippen LogP contribution in [0.1, 0.15) is 12.0 Å². The summed E-state index contributed by atoms with van der Waals surface area (Å²) in [6, 6.07) is 12.1. The van der Waals surface area contributed by atoms with Gasteiger partial charge in [0.2, 0.25) is 5.91 Å². The highest BCUT2D eigenvalue weighted by Crippen LogP contribution is 2.16. The molecule has 0 aliphatic carbocycles. The molecule has 22 heavy (non-hydrogen) atoms. The molecule has 0 fully saturated rings. The van der Waals surface area contributed by atoms with Crippen LogP contribution in [0, 0.1) is 0 Å². The van der Waals surface area contributed by atoms with Crippen LogP contribution in [-0.2, 0) is 21.4 Å². The topological polar surface area (TPSA) is 89.3 Å². The summed E-state index contributed by atoms with van der Waals surface area (Å²) in [7, 11) is -4.72. The second-order valence-corrected chi connectivity index (χ2v) is 6.10. The number of carbonyl (C=O) groups excluding carboxylic acids is 1. The zero-order valence-corrected chi connectivity index (χ0v) is 12.4. The lowest BCUT2D eigenvalue weighted by Crippen LogP contribution is -2.12. The molecular formula is C15H15FN2O3S. The van der Waals surface area contributed by atoms with Gasteiger partial charge in [-0.1, -0.05) is 12.1 Å². The lowest BCUT2D eigenvalue weighted by Gasteiger charge is -2.06. The van der Waals surface area contributed by atoms with Crippen LogP contribution in [0.15, 0.2) is 53.4 Å². The molecular weight excluding hydrogens is 307 g/mol. The Labute approximate surface area is 128 Å². The van der Waals surface area contributed by atoms with E-state index < -0.39 is 15.1 Å². The van der Waals surface area contributed by atoms with Crippen LogP contribution in [0.5, 0.6) is 0 Å². The van der Waals surface area contributed by atoms with E-state index in [2.05, 4.69) is 5.32 Å². The van der Waals surface area contributed by atoms with Gasteiger partial charge in [-0.25, -0.2) is 0 Å². The molecule has 7 heteroatoms. The Morgan fingerprint density at radius 3 is 2.18 bits per heavy atom. The standard InChI is InChI=1S/C15H15FN2O3S/c16-22(20,21)14-8-6-13(7-9-14)18-15(19)10-3-11-1-4-12(17)5-2-11/h1-2,4-9H,3,10,17H2,(H,18,19). The summed E-state index contributed by atoms with van der Waals surface area (Å²) in [5, 5.41) is 2.62. The Morgan fingerprint density at radius 2 is 1.64 bits per heavy atom. The normalized spacial score (nSPS) is 11.1. The Balaban J connectivity index is 1.90. The van der Waals surface area contributed by atoms with Crippen molar-refractivity contribution in [1.29, 1.82) is 0 Å². The van der Waals surface area contributed by atoms with Crippen LogP contribution in [0.25, 0.3) is 0 Å². The van der Waals surface area contributed by atoms with E-state index in [1.54, 1.807) is 12.1 Å². The smallest absolute Gasteiger partial charge is 0.332 e. The number of halogens is 1. The molecule has 116 valence electrons. The predicted octanol–water partition coefficient (Wildman–Crippen LogP) is 2.50. The molecule has 0 heterocycles. The van der Waals surface area contributed by atoms with Gasteiger partial charge in [0, 0.05) is 17.8 Å². The fraction of sp³-hybridized carbons (Fsp3) is 0.133. The first kappa shape index (κ1) is 16.0. The quantitative estimate of drug-likeness (QED) is 0.654. The van der Waals surface area contributed by atoms with E-state index in [0.717, 1.165) is 17.7 Å². The molecule has 1 amide bonds. The van der Waals surface area contributed by atoms with Gasteiger partial charge in [0.15, 0.2) is 0 Å². The van der Waals surface area contributed by atoms with Gasteiger partial charge in [0.1, 0.15) is 0 Å². The van der Waals surface area contributed by atoms with Crippen LogP contribution in [0.4, 0.5) is 15.3 Å². The lowest BCUT2D eigenvalue weighted by molar-refractivity contribution is -0.116. The number of aryl methyl sites for hydroxylation is 1. The number of nitrogen functional groups attached to an aromatic ring is 1. The summed E-state index contributed by atoms with van der Waals surface area (Å²) in [4.78, 5) is 11.4. The van der Waals surface area contributed by atoms with Crippen molar-refractivity contribution in [1.82, 2.24) is 0 Å². The molecule has 0 unspecified atom stereocenters. The maximum absolute atomic E-state index is 12.7. The average Bonchev–Trinajstić information content (AvgIpc) is 2.46. The summed E-state index contributed by atoms with van der Waals surface area (Å²) in [6.07, 6.45) is 0.829. The molecule has 0 bridgehead atoms. The largest absolute Gasteiger partial charge is 0.399 e. The highest BCUT2D eigenvalue weighted by atomic mass is 32.3. The molecule has 5 nitrogen and oxygen atoms in total. The van der Waals surface area contributed by atoms with Gasteiger partial charge >= 0.3 is 10.2 Å². The predicted molar refractivity (Wildman–Crippen MR) is 82.5 cm³/mol. The third kappa shape index (κ3) is 4.56. The second kappa shape index (κ2) is 6.57. The highest BCUT2D eigenvalue weighted by molar-refractivity contribution is 7.86. The van der Waals surface area contributed by atoms with Crippen molar-refractivity contribution in [2.45, 2.75) is 17.7 Å².